The molecule has 4 aromatic carbocycles. The molecule has 430 valence electrons. The number of unbranched alkanes of at least 4 members (excludes halogenated alkanes) is 14. The molecule has 0 saturated heterocycles. The van der Waals surface area contributed by atoms with Gasteiger partial charge in [-0.3, -0.25) is 9.98 Å². The molecule has 0 radical (unpaired) electrons. The normalized spacial score (nSPS) is 11.3. The topological polar surface area (TPSA) is 186 Å². The molecule has 0 amide bonds. The average molecular weight is 1110 g/mol. The summed E-state index contributed by atoms with van der Waals surface area (Å²) in [5.74, 6) is -4.99. The molecule has 0 bridgehead atoms. The predicted molar refractivity (Wildman–Crippen MR) is 314 cm³/mol. The van der Waals surface area contributed by atoms with Crippen LogP contribution >= 0.6 is 0 Å². The second-order valence-electron chi connectivity index (χ2n) is 20.5. The Morgan fingerprint density at radius 2 is 0.623 bits per heavy atom. The molecule has 0 atom stereocenters. The number of carboxylic acids is 2. The van der Waals surface area contributed by atoms with Crippen molar-refractivity contribution in [2.45, 2.75) is 248 Å². The number of carboxylic acid groups (broad SMARTS) is 2. The van der Waals surface area contributed by atoms with Crippen LogP contribution in [-0.4, -0.2) is 43.8 Å². The van der Waals surface area contributed by atoms with Gasteiger partial charge in [-0.05, 0) is 173 Å². The monoisotopic (exact) mass is 1100 g/mol. The van der Waals surface area contributed by atoms with Crippen molar-refractivity contribution in [1.82, 2.24) is 0 Å². The van der Waals surface area contributed by atoms with Crippen molar-refractivity contribution in [2.24, 2.45) is 9.98 Å². The van der Waals surface area contributed by atoms with Crippen molar-refractivity contribution in [2.75, 3.05) is 0 Å². The number of benzene rings is 4. The maximum atomic E-state index is 10.8. The molecule has 0 saturated carbocycles. The zero-order chi connectivity index (χ0) is 56.1. The Bertz CT molecular complexity index is 2200. The number of rotatable bonds is 35. The van der Waals surface area contributed by atoms with E-state index in [1.807, 2.05) is 13.8 Å². The minimum absolute atomic E-state index is 0. The molecular weight excluding hydrogens is 1010 g/mol. The van der Waals surface area contributed by atoms with Crippen LogP contribution in [0.25, 0.3) is 0 Å². The number of aromatic carboxylic acids is 2. The Morgan fingerprint density at radius 3 is 0.896 bits per heavy atom. The van der Waals surface area contributed by atoms with Gasteiger partial charge in [0.25, 0.3) is 0 Å². The molecule has 0 aliphatic rings. The van der Waals surface area contributed by atoms with E-state index in [0.29, 0.717) is 24.0 Å². The SMILES string of the molecule is CCCCCc1ccc(N=C(CCCC)C(CCCC)=Nc2ccc(CCCCC)c(CCCCC)c2)cc1CCCCC.CCCCCc1ccc(O)c(O)c1C(=O)[O-].CCCCCc1ccc(O)c(O)c1C(=O)[O-].[Ni+2]. The standard InChI is InChI=1S/C42H68N2.2C12H16O4.Ni/c1-7-13-19-23-35-29-31-39(33-37(35)25-21-15-9-3)43-41(27-17-11-5)42(28-18-12-6)44-40-32-30-36(24-20-14-8-2)38(34-40)26-22-16-10-4;2*1-2-3-4-5-8-6-7-9(13)11(14)10(8)12(15)16;/h29-34H,7-28H2,1-6H3;2*6-7,13-14H,2-5H2,1H3,(H,15,16);/q;;;+2/p-2. The number of nitrogens with zero attached hydrogens (tertiary/aromatic N) is 2. The fourth-order valence-electron chi connectivity index (χ4n) is 9.36. The van der Waals surface area contributed by atoms with E-state index in [0.717, 1.165) is 75.6 Å². The summed E-state index contributed by atoms with van der Waals surface area (Å²) in [7, 11) is 0. The Labute approximate surface area is 475 Å². The third-order valence-electron chi connectivity index (χ3n) is 14.0. The van der Waals surface area contributed by atoms with Crippen LogP contribution in [0, 0.1) is 0 Å². The summed E-state index contributed by atoms with van der Waals surface area (Å²) in [6, 6.07) is 19.8. The van der Waals surface area contributed by atoms with Crippen molar-refractivity contribution in [3.63, 3.8) is 0 Å². The van der Waals surface area contributed by atoms with Gasteiger partial charge >= 0.3 is 16.5 Å². The van der Waals surface area contributed by atoms with Crippen LogP contribution in [0.4, 0.5) is 11.4 Å². The number of carbonyl (C=O) groups is 2. The smallest absolute Gasteiger partial charge is 0.545 e. The van der Waals surface area contributed by atoms with Gasteiger partial charge in [-0.25, -0.2) is 0 Å². The first-order chi connectivity index (χ1) is 36.7. The molecule has 0 unspecified atom stereocenters. The summed E-state index contributed by atoms with van der Waals surface area (Å²) in [5.41, 5.74) is 11.2. The number of phenolic OH excluding ortho intramolecular Hbond substituents is 2. The van der Waals surface area contributed by atoms with Crippen LogP contribution in [0.3, 0.4) is 0 Å². The van der Waals surface area contributed by atoms with Crippen LogP contribution in [0.5, 0.6) is 23.0 Å². The first-order valence-electron chi connectivity index (χ1n) is 29.6. The molecular formula is C66H98N2NiO8. The molecule has 0 aromatic heterocycles. The Balaban J connectivity index is 0.000000727. The Hall–Kier alpha value is -5.15. The van der Waals surface area contributed by atoms with E-state index < -0.39 is 34.9 Å². The van der Waals surface area contributed by atoms with Crippen molar-refractivity contribution in [3.05, 3.63) is 105 Å². The number of phenols is 4. The van der Waals surface area contributed by atoms with Gasteiger partial charge < -0.3 is 40.2 Å². The molecule has 4 aromatic rings. The summed E-state index contributed by atoms with van der Waals surface area (Å²) < 4.78 is 0. The second-order valence-corrected chi connectivity index (χ2v) is 20.5. The number of carbonyl (C=O) groups excluding carboxylic acids is 2. The number of aromatic hydroxyl groups is 4. The van der Waals surface area contributed by atoms with Gasteiger partial charge in [-0.1, -0.05) is 170 Å². The fourth-order valence-corrected chi connectivity index (χ4v) is 9.36. The molecule has 77 heavy (non-hydrogen) atoms. The van der Waals surface area contributed by atoms with E-state index in [4.69, 9.17) is 9.98 Å². The maximum Gasteiger partial charge on any atom is 2.00 e. The number of aliphatic imine (C=N–C) groups is 2. The fraction of sp³-hybridized carbons (Fsp3) is 0.576. The molecule has 0 aliphatic heterocycles. The molecule has 0 aliphatic carbocycles. The van der Waals surface area contributed by atoms with Gasteiger partial charge in [0, 0.05) is 11.1 Å². The predicted octanol–water partition coefficient (Wildman–Crippen LogP) is 16.2. The van der Waals surface area contributed by atoms with Crippen LogP contribution in [-0.2, 0) is 55.0 Å². The number of hydrogen-bond donors (Lipinski definition) is 4. The zero-order valence-electron chi connectivity index (χ0n) is 48.6. The summed E-state index contributed by atoms with van der Waals surface area (Å²) in [6.07, 6.45) is 33.7. The quantitative estimate of drug-likeness (QED) is 0.0152. The van der Waals surface area contributed by atoms with E-state index in [2.05, 4.69) is 77.9 Å². The second kappa shape index (κ2) is 41.9. The van der Waals surface area contributed by atoms with Crippen molar-refractivity contribution in [3.8, 4) is 23.0 Å². The maximum absolute atomic E-state index is 10.8. The van der Waals surface area contributed by atoms with Gasteiger partial charge in [0.1, 0.15) is 0 Å². The van der Waals surface area contributed by atoms with Gasteiger partial charge in [0.2, 0.25) is 0 Å². The molecule has 0 spiro atoms. The molecule has 0 fully saturated rings. The van der Waals surface area contributed by atoms with Crippen molar-refractivity contribution >= 4 is 34.7 Å². The summed E-state index contributed by atoms with van der Waals surface area (Å²) in [4.78, 5) is 32.5. The molecule has 0 heterocycles. The first-order valence-corrected chi connectivity index (χ1v) is 29.6. The van der Waals surface area contributed by atoms with Crippen molar-refractivity contribution in [1.29, 1.82) is 0 Å². The van der Waals surface area contributed by atoms with Gasteiger partial charge in [-0.2, -0.15) is 0 Å². The summed E-state index contributed by atoms with van der Waals surface area (Å²) in [6.45, 7) is 17.9. The van der Waals surface area contributed by atoms with E-state index in [9.17, 15) is 40.2 Å². The van der Waals surface area contributed by atoms with Crippen molar-refractivity contribution < 1.29 is 56.7 Å². The Kier molecular flexibility index (Phi) is 38.0. The molecule has 10 nitrogen and oxygen atoms in total. The Morgan fingerprint density at radius 1 is 0.364 bits per heavy atom. The van der Waals surface area contributed by atoms with Gasteiger partial charge in [0.15, 0.2) is 23.0 Å². The first kappa shape index (κ1) is 69.9. The average Bonchev–Trinajstić information content (AvgIpc) is 3.40. The van der Waals surface area contributed by atoms with E-state index in [1.54, 1.807) is 0 Å². The third kappa shape index (κ3) is 26.4. The minimum Gasteiger partial charge on any atom is -0.545 e. The van der Waals surface area contributed by atoms with E-state index in [1.165, 1.54) is 174 Å². The van der Waals surface area contributed by atoms with Crippen LogP contribution < -0.4 is 10.2 Å². The van der Waals surface area contributed by atoms with E-state index in [-0.39, 0.29) is 27.6 Å². The van der Waals surface area contributed by atoms with Gasteiger partial charge in [-0.15, -0.1) is 0 Å². The van der Waals surface area contributed by atoms with Crippen LogP contribution in [0.1, 0.15) is 264 Å². The number of hydrogen-bond acceptors (Lipinski definition) is 10. The molecule has 11 heteroatoms. The van der Waals surface area contributed by atoms with Crippen LogP contribution in [0.2, 0.25) is 0 Å². The zero-order valence-corrected chi connectivity index (χ0v) is 49.6. The van der Waals surface area contributed by atoms with Crippen LogP contribution in [0.15, 0.2) is 70.6 Å². The van der Waals surface area contributed by atoms with E-state index >= 15 is 0 Å². The molecule has 4 rings (SSSR count). The minimum atomic E-state index is -1.46. The summed E-state index contributed by atoms with van der Waals surface area (Å²) >= 11 is 0. The number of aryl methyl sites for hydroxylation is 6. The molecule has 4 N–H and O–H groups in total. The van der Waals surface area contributed by atoms with Gasteiger partial charge in [0.05, 0.1) is 34.7 Å². The summed E-state index contributed by atoms with van der Waals surface area (Å²) in [5, 5.41) is 59.0. The third-order valence-corrected chi connectivity index (χ3v) is 14.0. The largest absolute Gasteiger partial charge is 2.00 e.